The largest absolute Gasteiger partial charge is 0.497 e. The molecular weight excluding hydrogens is 514 g/mol. The van der Waals surface area contributed by atoms with E-state index in [9.17, 15) is 4.79 Å². The van der Waals surface area contributed by atoms with Crippen molar-refractivity contribution in [1.29, 1.82) is 0 Å². The molecule has 1 amide bonds. The van der Waals surface area contributed by atoms with Crippen LogP contribution in [0, 0.1) is 0 Å². The summed E-state index contributed by atoms with van der Waals surface area (Å²) >= 11 is 0. The van der Waals surface area contributed by atoms with Crippen molar-refractivity contribution in [2.75, 3.05) is 18.6 Å². The quantitative estimate of drug-likeness (QED) is 0.191. The Bertz CT molecular complexity index is 1350. The Morgan fingerprint density at radius 3 is 1.77 bits per heavy atom. The number of amides is 1. The number of carbonyl (C=O) groups excluding carboxylic acids is 1. The molecule has 1 fully saturated rings. The standard InChI is InChI=1S/C34H37NO4Si/c1-34(2,3)40(29-16-10-6-11-17-29,30-18-12-7-13-19-30)39-25-31-32(38-24-26-14-8-5-9-15-26)33(36)35(31)27-20-22-28(37-4)23-21-27/h5-23,31-32H,24-25H2,1-4H3/t31-,32-/m1/s1. The molecule has 0 aromatic heterocycles. The van der Waals surface area contributed by atoms with Gasteiger partial charge in [-0.05, 0) is 45.2 Å². The van der Waals surface area contributed by atoms with E-state index in [1.165, 1.54) is 10.4 Å². The minimum atomic E-state index is -2.79. The van der Waals surface area contributed by atoms with Crippen molar-refractivity contribution in [3.8, 4) is 5.75 Å². The molecule has 4 aromatic rings. The molecule has 5 nitrogen and oxygen atoms in total. The zero-order chi connectivity index (χ0) is 28.2. The number of hydrogen-bond acceptors (Lipinski definition) is 4. The summed E-state index contributed by atoms with van der Waals surface area (Å²) in [6.07, 6.45) is -0.597. The van der Waals surface area contributed by atoms with Crippen molar-refractivity contribution in [3.63, 3.8) is 0 Å². The Kier molecular flexibility index (Phi) is 8.21. The topological polar surface area (TPSA) is 48.0 Å². The maximum atomic E-state index is 13.5. The molecule has 40 heavy (non-hydrogen) atoms. The molecule has 6 heteroatoms. The van der Waals surface area contributed by atoms with E-state index in [1.54, 1.807) is 7.11 Å². The second-order valence-electron chi connectivity index (χ2n) is 11.2. The molecule has 0 bridgehead atoms. The zero-order valence-corrected chi connectivity index (χ0v) is 24.6. The Morgan fingerprint density at radius 2 is 1.27 bits per heavy atom. The molecule has 0 unspecified atom stereocenters. The maximum Gasteiger partial charge on any atom is 0.261 e. The first-order valence-corrected chi connectivity index (χ1v) is 15.6. The molecule has 0 N–H and O–H groups in total. The smallest absolute Gasteiger partial charge is 0.261 e. The summed E-state index contributed by atoms with van der Waals surface area (Å²) in [4.78, 5) is 15.3. The van der Waals surface area contributed by atoms with Crippen LogP contribution >= 0.6 is 0 Å². The van der Waals surface area contributed by atoms with Gasteiger partial charge in [-0.2, -0.15) is 0 Å². The van der Waals surface area contributed by atoms with E-state index in [0.29, 0.717) is 13.2 Å². The first kappa shape index (κ1) is 27.8. The fraction of sp³-hybridized carbons (Fsp3) is 0.265. The van der Waals surface area contributed by atoms with Crippen LogP contribution in [0.2, 0.25) is 5.04 Å². The van der Waals surface area contributed by atoms with Crippen LogP contribution in [-0.2, 0) is 20.6 Å². The molecule has 5 rings (SSSR count). The average Bonchev–Trinajstić information content (AvgIpc) is 2.98. The molecule has 0 saturated carbocycles. The Morgan fingerprint density at radius 1 is 0.750 bits per heavy atom. The number of hydrogen-bond donors (Lipinski definition) is 0. The van der Waals surface area contributed by atoms with Crippen molar-refractivity contribution < 1.29 is 18.7 Å². The highest BCUT2D eigenvalue weighted by Gasteiger charge is 2.54. The lowest BCUT2D eigenvalue weighted by atomic mass is 9.97. The fourth-order valence-corrected chi connectivity index (χ4v) is 10.2. The predicted octanol–water partition coefficient (Wildman–Crippen LogP) is 5.57. The minimum absolute atomic E-state index is 0.0582. The third kappa shape index (κ3) is 5.35. The monoisotopic (exact) mass is 551 g/mol. The molecule has 1 aliphatic heterocycles. The average molecular weight is 552 g/mol. The lowest BCUT2D eigenvalue weighted by molar-refractivity contribution is -0.144. The van der Waals surface area contributed by atoms with Gasteiger partial charge in [-0.15, -0.1) is 0 Å². The summed E-state index contributed by atoms with van der Waals surface area (Å²) < 4.78 is 18.8. The molecule has 2 atom stereocenters. The predicted molar refractivity (Wildman–Crippen MR) is 163 cm³/mol. The van der Waals surface area contributed by atoms with Crippen molar-refractivity contribution in [1.82, 2.24) is 0 Å². The van der Waals surface area contributed by atoms with E-state index < -0.39 is 14.4 Å². The molecule has 0 aliphatic carbocycles. The van der Waals surface area contributed by atoms with Gasteiger partial charge in [-0.1, -0.05) is 112 Å². The second kappa shape index (κ2) is 11.8. The third-order valence-corrected chi connectivity index (χ3v) is 12.7. The normalized spacial score (nSPS) is 17.4. The first-order chi connectivity index (χ1) is 19.3. The highest BCUT2D eigenvalue weighted by molar-refractivity contribution is 6.99. The molecule has 0 spiro atoms. The Labute approximate surface area is 238 Å². The zero-order valence-electron chi connectivity index (χ0n) is 23.6. The second-order valence-corrected chi connectivity index (χ2v) is 15.5. The fourth-order valence-electron chi connectivity index (χ4n) is 5.66. The van der Waals surface area contributed by atoms with Gasteiger partial charge in [-0.25, -0.2) is 0 Å². The number of anilines is 1. The van der Waals surface area contributed by atoms with Crippen LogP contribution in [0.15, 0.2) is 115 Å². The molecular formula is C34H37NO4Si. The highest BCUT2D eigenvalue weighted by atomic mass is 28.4. The van der Waals surface area contributed by atoms with Gasteiger partial charge in [0.15, 0.2) is 6.10 Å². The van der Waals surface area contributed by atoms with Crippen molar-refractivity contribution in [2.45, 2.75) is 44.6 Å². The van der Waals surface area contributed by atoms with E-state index in [2.05, 4.69) is 69.3 Å². The summed E-state index contributed by atoms with van der Waals surface area (Å²) in [5.41, 5.74) is 1.84. The lowest BCUT2D eigenvalue weighted by Crippen LogP contribution is -2.72. The molecule has 0 radical (unpaired) electrons. The Hall–Kier alpha value is -3.71. The number of ether oxygens (including phenoxy) is 2. The SMILES string of the molecule is COc1ccc(N2C(=O)[C@H](OCc3ccccc3)[C@H]2CO[Si](c2ccccc2)(c2ccccc2)C(C)(C)C)cc1. The van der Waals surface area contributed by atoms with Gasteiger partial charge in [0.05, 0.1) is 26.4 Å². The van der Waals surface area contributed by atoms with Crippen LogP contribution in [0.25, 0.3) is 0 Å². The van der Waals surface area contributed by atoms with Gasteiger partial charge in [0, 0.05) is 5.69 Å². The van der Waals surface area contributed by atoms with Crippen molar-refractivity contribution in [2.24, 2.45) is 0 Å². The van der Waals surface area contributed by atoms with Crippen molar-refractivity contribution in [3.05, 3.63) is 121 Å². The van der Waals surface area contributed by atoms with E-state index in [-0.39, 0.29) is 17.0 Å². The number of β-lactam (4-membered cyclic amide) rings is 1. The van der Waals surface area contributed by atoms with Gasteiger partial charge in [-0.3, -0.25) is 4.79 Å². The van der Waals surface area contributed by atoms with Crippen LogP contribution in [0.5, 0.6) is 5.75 Å². The first-order valence-electron chi connectivity index (χ1n) is 13.7. The van der Waals surface area contributed by atoms with E-state index >= 15 is 0 Å². The summed E-state index contributed by atoms with van der Waals surface area (Å²) in [5.74, 6) is 0.686. The van der Waals surface area contributed by atoms with Gasteiger partial charge in [0.1, 0.15) is 5.75 Å². The summed E-state index contributed by atoms with van der Waals surface area (Å²) in [6.45, 7) is 7.50. The van der Waals surface area contributed by atoms with Gasteiger partial charge < -0.3 is 18.8 Å². The highest BCUT2D eigenvalue weighted by Crippen LogP contribution is 2.39. The number of carbonyl (C=O) groups is 1. The number of benzene rings is 4. The van der Waals surface area contributed by atoms with Crippen LogP contribution in [-0.4, -0.2) is 40.1 Å². The molecule has 4 aromatic carbocycles. The maximum absolute atomic E-state index is 13.5. The van der Waals surface area contributed by atoms with Crippen LogP contribution in [0.3, 0.4) is 0 Å². The summed E-state index contributed by atoms with van der Waals surface area (Å²) in [6, 6.07) is 38.4. The molecule has 206 valence electrons. The van der Waals surface area contributed by atoms with E-state index in [1.807, 2.05) is 71.6 Å². The summed E-state index contributed by atoms with van der Waals surface area (Å²) in [7, 11) is -1.16. The van der Waals surface area contributed by atoms with E-state index in [0.717, 1.165) is 17.0 Å². The number of rotatable bonds is 10. The van der Waals surface area contributed by atoms with Crippen LogP contribution in [0.4, 0.5) is 5.69 Å². The minimum Gasteiger partial charge on any atom is -0.497 e. The Balaban J connectivity index is 1.50. The summed E-state index contributed by atoms with van der Waals surface area (Å²) in [5, 5.41) is 2.24. The number of methoxy groups -OCH3 is 1. The van der Waals surface area contributed by atoms with Crippen LogP contribution < -0.4 is 20.0 Å². The van der Waals surface area contributed by atoms with Crippen molar-refractivity contribution >= 4 is 30.3 Å². The van der Waals surface area contributed by atoms with Crippen LogP contribution in [0.1, 0.15) is 26.3 Å². The lowest BCUT2D eigenvalue weighted by Gasteiger charge is -2.49. The molecule has 1 saturated heterocycles. The molecule has 1 heterocycles. The van der Waals surface area contributed by atoms with Gasteiger partial charge in [0.25, 0.3) is 14.2 Å². The number of nitrogens with zero attached hydrogens (tertiary/aromatic N) is 1. The van der Waals surface area contributed by atoms with Gasteiger partial charge >= 0.3 is 0 Å². The van der Waals surface area contributed by atoms with E-state index in [4.69, 9.17) is 13.9 Å². The molecule has 1 aliphatic rings. The third-order valence-electron chi connectivity index (χ3n) is 7.67. The van der Waals surface area contributed by atoms with Gasteiger partial charge in [0.2, 0.25) is 0 Å².